The Bertz CT molecular complexity index is 1400. The second-order valence-electron chi connectivity index (χ2n) is 10.3. The Kier molecular flexibility index (Phi) is 10.0. The van der Waals surface area contributed by atoms with Crippen molar-refractivity contribution in [3.8, 4) is 0 Å². The van der Waals surface area contributed by atoms with Crippen LogP contribution in [0.25, 0.3) is 0 Å². The Balaban J connectivity index is 1.44. The smallest absolute Gasteiger partial charge is 0.338 e. The molecule has 2 heterocycles. The zero-order valence-electron chi connectivity index (χ0n) is 23.6. The summed E-state index contributed by atoms with van der Waals surface area (Å²) in [5, 5.41) is 30.8. The van der Waals surface area contributed by atoms with Gasteiger partial charge in [0.15, 0.2) is 24.8 Å². The Morgan fingerprint density at radius 1 is 0.636 bits per heavy atom. The number of carbonyl (C=O) groups is 3. The predicted octanol–water partition coefficient (Wildman–Crippen LogP) is 1.86. The Morgan fingerprint density at radius 2 is 1.11 bits per heavy atom. The van der Waals surface area contributed by atoms with Crippen molar-refractivity contribution in [2.24, 2.45) is 0 Å². The molecule has 3 aromatic carbocycles. The lowest BCUT2D eigenvalue weighted by Crippen LogP contribution is -2.59. The molecular weight excluding hydrogens is 576 g/mol. The molecule has 9 atom stereocenters. The molecule has 2 fully saturated rings. The number of aliphatic hydroxyl groups is 3. The normalized spacial score (nSPS) is 29.9. The molecule has 2 aliphatic heterocycles. The molecule has 232 valence electrons. The quantitative estimate of drug-likeness (QED) is 0.239. The second-order valence-corrected chi connectivity index (χ2v) is 10.3. The highest BCUT2D eigenvalue weighted by Gasteiger charge is 2.54. The van der Waals surface area contributed by atoms with E-state index in [1.54, 1.807) is 66.7 Å². The maximum Gasteiger partial charge on any atom is 0.338 e. The van der Waals surface area contributed by atoms with Crippen LogP contribution < -0.4 is 0 Å². The average molecular weight is 609 g/mol. The molecule has 0 aromatic heterocycles. The zero-order valence-corrected chi connectivity index (χ0v) is 23.6. The minimum Gasteiger partial charge on any atom is -0.459 e. The Morgan fingerprint density at radius 3 is 1.64 bits per heavy atom. The number of esters is 3. The van der Waals surface area contributed by atoms with Crippen LogP contribution in [0.2, 0.25) is 0 Å². The fourth-order valence-electron chi connectivity index (χ4n) is 4.91. The van der Waals surface area contributed by atoms with E-state index in [2.05, 4.69) is 0 Å². The zero-order chi connectivity index (χ0) is 31.2. The summed E-state index contributed by atoms with van der Waals surface area (Å²) in [6, 6.07) is 24.3. The van der Waals surface area contributed by atoms with Crippen molar-refractivity contribution < 1.29 is 58.1 Å². The van der Waals surface area contributed by atoms with Gasteiger partial charge >= 0.3 is 17.9 Å². The Hall–Kier alpha value is -4.17. The maximum absolute atomic E-state index is 13.2. The fourth-order valence-corrected chi connectivity index (χ4v) is 4.91. The molecular formula is C32H32O12. The molecule has 0 aliphatic carbocycles. The molecule has 2 saturated heterocycles. The van der Waals surface area contributed by atoms with Crippen LogP contribution in [0, 0.1) is 0 Å². The van der Waals surface area contributed by atoms with E-state index in [4.69, 9.17) is 28.4 Å². The standard InChI is InChI=1S/C32H32O12/c1-18-25(23(33)24(34)31(38)40-18)44-32-27(43-30(37)21-15-9-4-10-16-21)26(42-29(36)20-13-7-3-8-14-20)22(41-32)17-39-28(35)19-11-5-2-6-12-19/h2-16,18,22-27,31-34,38H,17H2,1H3/t18-,22-,23-,24+,25-,26-,27+,31+,32-/m0/s1. The highest BCUT2D eigenvalue weighted by atomic mass is 16.8. The molecule has 0 unspecified atom stereocenters. The van der Waals surface area contributed by atoms with Crippen LogP contribution >= 0.6 is 0 Å². The first-order chi connectivity index (χ1) is 21.2. The van der Waals surface area contributed by atoms with Crippen molar-refractivity contribution in [2.45, 2.75) is 62.2 Å². The van der Waals surface area contributed by atoms with E-state index in [9.17, 15) is 29.7 Å². The van der Waals surface area contributed by atoms with Crippen molar-refractivity contribution in [1.82, 2.24) is 0 Å². The third kappa shape index (κ3) is 7.13. The van der Waals surface area contributed by atoms with Gasteiger partial charge in [-0.1, -0.05) is 54.6 Å². The van der Waals surface area contributed by atoms with Crippen molar-refractivity contribution in [3.05, 3.63) is 108 Å². The SMILES string of the molecule is C[C@@H]1O[C@@H](O)[C@H](O)[C@H](O)[C@H]1O[C@@H]1O[C@@H](COC(=O)c2ccccc2)[C@H](OC(=O)c2ccccc2)[C@H]1OC(=O)c1ccccc1. The van der Waals surface area contributed by atoms with E-state index in [-0.39, 0.29) is 16.7 Å². The van der Waals surface area contributed by atoms with Gasteiger partial charge < -0.3 is 43.7 Å². The van der Waals surface area contributed by atoms with Crippen molar-refractivity contribution in [2.75, 3.05) is 6.61 Å². The van der Waals surface area contributed by atoms with Crippen molar-refractivity contribution >= 4 is 17.9 Å². The van der Waals surface area contributed by atoms with Gasteiger partial charge in [0.05, 0.1) is 22.8 Å². The Labute approximate surface area is 252 Å². The molecule has 0 spiro atoms. The van der Waals surface area contributed by atoms with Crippen LogP contribution in [0.5, 0.6) is 0 Å². The third-order valence-corrected chi connectivity index (χ3v) is 7.25. The summed E-state index contributed by atoms with van der Waals surface area (Å²) in [6.45, 7) is 1.06. The number of ether oxygens (including phenoxy) is 6. The maximum atomic E-state index is 13.2. The third-order valence-electron chi connectivity index (χ3n) is 7.25. The highest BCUT2D eigenvalue weighted by molar-refractivity contribution is 5.91. The molecule has 2 aliphatic rings. The van der Waals surface area contributed by atoms with Crippen LogP contribution in [0.3, 0.4) is 0 Å². The van der Waals surface area contributed by atoms with Gasteiger partial charge in [-0.25, -0.2) is 14.4 Å². The van der Waals surface area contributed by atoms with Crippen LogP contribution in [-0.2, 0) is 28.4 Å². The van der Waals surface area contributed by atoms with Crippen molar-refractivity contribution in [1.29, 1.82) is 0 Å². The second kappa shape index (κ2) is 14.1. The fraction of sp³-hybridized carbons (Fsp3) is 0.344. The van der Waals surface area contributed by atoms with Gasteiger partial charge in [-0.3, -0.25) is 0 Å². The number of hydrogen-bond acceptors (Lipinski definition) is 12. The predicted molar refractivity (Wildman–Crippen MR) is 150 cm³/mol. The van der Waals surface area contributed by atoms with Crippen LogP contribution in [-0.4, -0.2) is 95.1 Å². The summed E-state index contributed by atoms with van der Waals surface area (Å²) in [5.74, 6) is -2.24. The first-order valence-electron chi connectivity index (χ1n) is 14.0. The van der Waals surface area contributed by atoms with Crippen LogP contribution in [0.4, 0.5) is 0 Å². The van der Waals surface area contributed by atoms with E-state index in [0.29, 0.717) is 0 Å². The molecule has 3 N–H and O–H groups in total. The summed E-state index contributed by atoms with van der Waals surface area (Å²) in [4.78, 5) is 39.2. The number of benzene rings is 3. The van der Waals surface area contributed by atoms with Gasteiger partial charge in [-0.05, 0) is 43.3 Å². The molecule has 0 bridgehead atoms. The van der Waals surface area contributed by atoms with E-state index in [1.807, 2.05) is 0 Å². The van der Waals surface area contributed by atoms with Crippen LogP contribution in [0.1, 0.15) is 38.0 Å². The molecule has 0 saturated carbocycles. The number of hydrogen-bond donors (Lipinski definition) is 3. The summed E-state index contributed by atoms with van der Waals surface area (Å²) >= 11 is 0. The minimum atomic E-state index is -1.71. The molecule has 0 radical (unpaired) electrons. The van der Waals surface area contributed by atoms with E-state index in [1.165, 1.54) is 31.2 Å². The van der Waals surface area contributed by atoms with Crippen LogP contribution in [0.15, 0.2) is 91.0 Å². The van der Waals surface area contributed by atoms with E-state index >= 15 is 0 Å². The highest BCUT2D eigenvalue weighted by Crippen LogP contribution is 2.33. The van der Waals surface area contributed by atoms with Gasteiger partial charge in [0, 0.05) is 0 Å². The monoisotopic (exact) mass is 608 g/mol. The van der Waals surface area contributed by atoms with Gasteiger partial charge in [0.25, 0.3) is 0 Å². The molecule has 12 heteroatoms. The van der Waals surface area contributed by atoms with Crippen molar-refractivity contribution in [3.63, 3.8) is 0 Å². The molecule has 3 aromatic rings. The van der Waals surface area contributed by atoms with Gasteiger partial charge in [0.2, 0.25) is 0 Å². The summed E-state index contributed by atoms with van der Waals surface area (Å²) < 4.78 is 34.4. The van der Waals surface area contributed by atoms with E-state index < -0.39 is 79.8 Å². The number of rotatable bonds is 9. The van der Waals surface area contributed by atoms with Gasteiger partial charge in [0.1, 0.15) is 31.0 Å². The molecule has 5 rings (SSSR count). The molecule has 44 heavy (non-hydrogen) atoms. The molecule has 12 nitrogen and oxygen atoms in total. The minimum absolute atomic E-state index is 0.186. The lowest BCUT2D eigenvalue weighted by Gasteiger charge is -2.40. The lowest BCUT2D eigenvalue weighted by molar-refractivity contribution is -0.313. The van der Waals surface area contributed by atoms with Gasteiger partial charge in [-0.15, -0.1) is 0 Å². The topological polar surface area (TPSA) is 167 Å². The summed E-state index contributed by atoms with van der Waals surface area (Å²) in [6.07, 6.45) is -12.7. The first-order valence-corrected chi connectivity index (χ1v) is 14.0. The molecule has 0 amide bonds. The van der Waals surface area contributed by atoms with Gasteiger partial charge in [-0.2, -0.15) is 0 Å². The summed E-state index contributed by atoms with van der Waals surface area (Å²) in [5.41, 5.74) is 0.658. The first kappa shape index (κ1) is 31.3. The largest absolute Gasteiger partial charge is 0.459 e. The number of aliphatic hydroxyl groups excluding tert-OH is 3. The van der Waals surface area contributed by atoms with E-state index in [0.717, 1.165) is 0 Å². The summed E-state index contributed by atoms with van der Waals surface area (Å²) in [7, 11) is 0. The number of carbonyl (C=O) groups excluding carboxylic acids is 3. The average Bonchev–Trinajstić information content (AvgIpc) is 3.36. The lowest BCUT2D eigenvalue weighted by atomic mass is 9.99.